The first kappa shape index (κ1) is 12.9. The minimum absolute atomic E-state index is 0.164. The van der Waals surface area contributed by atoms with Gasteiger partial charge in [0.25, 0.3) is 0 Å². The lowest BCUT2D eigenvalue weighted by Crippen LogP contribution is -2.40. The zero-order valence-electron chi connectivity index (χ0n) is 9.69. The van der Waals surface area contributed by atoms with Gasteiger partial charge in [-0.2, -0.15) is 5.10 Å². The number of H-pyrrole nitrogens is 1. The van der Waals surface area contributed by atoms with Gasteiger partial charge in [-0.15, -0.1) is 0 Å². The molecule has 8 nitrogen and oxygen atoms in total. The van der Waals surface area contributed by atoms with E-state index >= 15 is 0 Å². The van der Waals surface area contributed by atoms with Crippen molar-refractivity contribution in [1.82, 2.24) is 25.8 Å². The molecule has 1 heterocycles. The molecule has 2 amide bonds. The first-order valence-corrected chi connectivity index (χ1v) is 5.18. The first-order chi connectivity index (χ1) is 8.13. The molecule has 0 aromatic carbocycles. The van der Waals surface area contributed by atoms with Crippen LogP contribution >= 0.6 is 0 Å². The Kier molecular flexibility index (Phi) is 4.92. The number of nitrogens with one attached hydrogen (secondary N) is 3. The summed E-state index contributed by atoms with van der Waals surface area (Å²) in [5.41, 5.74) is 0. The molecule has 0 bridgehead atoms. The van der Waals surface area contributed by atoms with E-state index in [1.807, 2.05) is 0 Å². The Hall–Kier alpha value is -2.12. The van der Waals surface area contributed by atoms with Crippen molar-refractivity contribution < 1.29 is 14.3 Å². The highest BCUT2D eigenvalue weighted by Crippen LogP contribution is 2.02. The van der Waals surface area contributed by atoms with Crippen molar-refractivity contribution in [3.8, 4) is 0 Å². The molecular formula is C9H15N5O3. The summed E-state index contributed by atoms with van der Waals surface area (Å²) >= 11 is 0. The van der Waals surface area contributed by atoms with Gasteiger partial charge >= 0.3 is 12.0 Å². The molecule has 1 aromatic heterocycles. The van der Waals surface area contributed by atoms with Crippen LogP contribution in [0.25, 0.3) is 0 Å². The lowest BCUT2D eigenvalue weighted by atomic mass is 10.3. The van der Waals surface area contributed by atoms with Gasteiger partial charge in [0.15, 0.2) is 0 Å². The molecule has 1 aromatic rings. The van der Waals surface area contributed by atoms with E-state index in [2.05, 4.69) is 30.6 Å². The second-order valence-electron chi connectivity index (χ2n) is 3.22. The Balaban J connectivity index is 2.28. The normalized spacial score (nSPS) is 11.6. The third-order valence-corrected chi connectivity index (χ3v) is 1.89. The maximum atomic E-state index is 11.4. The van der Waals surface area contributed by atoms with Crippen LogP contribution in [0.3, 0.4) is 0 Å². The number of carbonyl (C=O) groups is 2. The molecule has 0 fully saturated rings. The lowest BCUT2D eigenvalue weighted by Gasteiger charge is -2.11. The third-order valence-electron chi connectivity index (χ3n) is 1.89. The number of urea groups is 1. The van der Waals surface area contributed by atoms with Crippen molar-refractivity contribution in [2.75, 3.05) is 13.2 Å². The van der Waals surface area contributed by atoms with E-state index in [0.29, 0.717) is 5.82 Å². The van der Waals surface area contributed by atoms with Crippen molar-refractivity contribution in [3.63, 3.8) is 0 Å². The molecule has 3 N–H and O–H groups in total. The van der Waals surface area contributed by atoms with Crippen molar-refractivity contribution in [1.29, 1.82) is 0 Å². The van der Waals surface area contributed by atoms with Crippen molar-refractivity contribution >= 4 is 12.0 Å². The number of esters is 1. The van der Waals surface area contributed by atoms with E-state index in [1.165, 1.54) is 6.33 Å². The summed E-state index contributed by atoms with van der Waals surface area (Å²) in [6.45, 7) is 3.56. The van der Waals surface area contributed by atoms with Crippen LogP contribution < -0.4 is 10.6 Å². The molecule has 1 unspecified atom stereocenters. The highest BCUT2D eigenvalue weighted by Gasteiger charge is 2.12. The van der Waals surface area contributed by atoms with Gasteiger partial charge in [-0.1, -0.05) is 0 Å². The number of aromatic amines is 1. The summed E-state index contributed by atoms with van der Waals surface area (Å²) < 4.78 is 4.66. The van der Waals surface area contributed by atoms with Gasteiger partial charge in [-0.05, 0) is 13.8 Å². The highest BCUT2D eigenvalue weighted by molar-refractivity contribution is 5.80. The first-order valence-electron chi connectivity index (χ1n) is 5.18. The van der Waals surface area contributed by atoms with E-state index in [1.54, 1.807) is 13.8 Å². The van der Waals surface area contributed by atoms with E-state index in [-0.39, 0.29) is 19.2 Å². The Morgan fingerprint density at radius 1 is 1.59 bits per heavy atom. The summed E-state index contributed by atoms with van der Waals surface area (Å²) in [7, 11) is 0. The Morgan fingerprint density at radius 3 is 2.94 bits per heavy atom. The molecule has 94 valence electrons. The van der Waals surface area contributed by atoms with Crippen molar-refractivity contribution in [2.24, 2.45) is 0 Å². The number of carbonyl (C=O) groups excluding carboxylic acids is 2. The van der Waals surface area contributed by atoms with Crippen LogP contribution in [-0.2, 0) is 9.53 Å². The van der Waals surface area contributed by atoms with Gasteiger partial charge in [0, 0.05) is 0 Å². The Morgan fingerprint density at radius 2 is 2.35 bits per heavy atom. The summed E-state index contributed by atoms with van der Waals surface area (Å²) in [6.07, 6.45) is 1.35. The van der Waals surface area contributed by atoms with Gasteiger partial charge in [-0.3, -0.25) is 9.89 Å². The van der Waals surface area contributed by atoms with Crippen LogP contribution in [0, 0.1) is 0 Å². The molecular weight excluding hydrogens is 226 g/mol. The van der Waals surface area contributed by atoms with E-state index in [9.17, 15) is 9.59 Å². The average molecular weight is 241 g/mol. The average Bonchev–Trinajstić information content (AvgIpc) is 2.80. The largest absolute Gasteiger partial charge is 0.465 e. The van der Waals surface area contributed by atoms with Crippen LogP contribution in [0.1, 0.15) is 25.7 Å². The summed E-state index contributed by atoms with van der Waals surface area (Å²) in [4.78, 5) is 26.2. The molecule has 8 heteroatoms. The molecule has 0 spiro atoms. The zero-order valence-corrected chi connectivity index (χ0v) is 9.69. The molecule has 0 saturated carbocycles. The number of rotatable bonds is 5. The second kappa shape index (κ2) is 6.46. The second-order valence-corrected chi connectivity index (χ2v) is 3.22. The van der Waals surface area contributed by atoms with Crippen LogP contribution in [0.5, 0.6) is 0 Å². The molecule has 17 heavy (non-hydrogen) atoms. The quantitative estimate of drug-likeness (QED) is 0.615. The molecule has 0 aliphatic heterocycles. The smallest absolute Gasteiger partial charge is 0.325 e. The third kappa shape index (κ3) is 4.49. The van der Waals surface area contributed by atoms with Crippen LogP contribution in [0.2, 0.25) is 0 Å². The maximum Gasteiger partial charge on any atom is 0.325 e. The predicted octanol–water partition coefficient (Wildman–Crippen LogP) is -0.272. The van der Waals surface area contributed by atoms with Gasteiger partial charge in [-0.25, -0.2) is 9.78 Å². The van der Waals surface area contributed by atoms with Gasteiger partial charge in [0.1, 0.15) is 18.7 Å². The zero-order chi connectivity index (χ0) is 12.7. The number of aromatic nitrogens is 3. The Labute approximate surface area is 98.1 Å². The van der Waals surface area contributed by atoms with Gasteiger partial charge < -0.3 is 15.4 Å². The number of hydrogen-bond donors (Lipinski definition) is 3. The monoisotopic (exact) mass is 241 g/mol. The van der Waals surface area contributed by atoms with E-state index in [4.69, 9.17) is 0 Å². The summed E-state index contributed by atoms with van der Waals surface area (Å²) in [5, 5.41) is 11.3. The molecule has 0 aliphatic carbocycles. The Bertz CT molecular complexity index is 365. The summed E-state index contributed by atoms with van der Waals surface area (Å²) in [5.74, 6) is 0.0613. The topological polar surface area (TPSA) is 109 Å². The SMILES string of the molecule is CCOC(=O)CNC(=O)NC(C)c1ncn[nH]1. The molecule has 1 atom stereocenters. The molecule has 1 rings (SSSR count). The fraction of sp³-hybridized carbons (Fsp3) is 0.556. The highest BCUT2D eigenvalue weighted by atomic mass is 16.5. The fourth-order valence-electron chi connectivity index (χ4n) is 1.10. The number of ether oxygens (including phenoxy) is 1. The van der Waals surface area contributed by atoms with Gasteiger partial charge in [0.05, 0.1) is 12.6 Å². The fourth-order valence-corrected chi connectivity index (χ4v) is 1.10. The van der Waals surface area contributed by atoms with E-state index < -0.39 is 12.0 Å². The molecule has 0 radical (unpaired) electrons. The lowest BCUT2D eigenvalue weighted by molar-refractivity contribution is -0.141. The van der Waals surface area contributed by atoms with E-state index in [0.717, 1.165) is 0 Å². The maximum absolute atomic E-state index is 11.4. The summed E-state index contributed by atoms with van der Waals surface area (Å²) in [6, 6.07) is -0.790. The van der Waals surface area contributed by atoms with Crippen LogP contribution in [-0.4, -0.2) is 40.3 Å². The van der Waals surface area contributed by atoms with Crippen LogP contribution in [0.15, 0.2) is 6.33 Å². The number of hydrogen-bond acceptors (Lipinski definition) is 5. The van der Waals surface area contributed by atoms with Crippen LogP contribution in [0.4, 0.5) is 4.79 Å². The van der Waals surface area contributed by atoms with Gasteiger partial charge in [0.2, 0.25) is 0 Å². The number of amides is 2. The van der Waals surface area contributed by atoms with Crippen molar-refractivity contribution in [3.05, 3.63) is 12.2 Å². The molecule has 0 aliphatic rings. The van der Waals surface area contributed by atoms with Crippen molar-refractivity contribution in [2.45, 2.75) is 19.9 Å². The standard InChI is InChI=1S/C9H15N5O3/c1-3-17-7(15)4-10-9(16)13-6(2)8-11-5-12-14-8/h5-6H,3-4H2,1-2H3,(H2,10,13,16)(H,11,12,14). The molecule has 0 saturated heterocycles. The minimum atomic E-state index is -0.477. The number of nitrogens with zero attached hydrogens (tertiary/aromatic N) is 2. The minimum Gasteiger partial charge on any atom is -0.465 e. The predicted molar refractivity (Wildman–Crippen MR) is 58.0 cm³/mol.